The summed E-state index contributed by atoms with van der Waals surface area (Å²) in [5.74, 6) is 0. The molecule has 3 rings (SSSR count). The number of ether oxygens (including phenoxy) is 2. The summed E-state index contributed by atoms with van der Waals surface area (Å²) in [6, 6.07) is 9.56. The van der Waals surface area contributed by atoms with Gasteiger partial charge >= 0.3 is 6.09 Å². The smallest absolute Gasteiger partial charge is 0.413 e. The summed E-state index contributed by atoms with van der Waals surface area (Å²) in [6.07, 6.45) is -0.728. The van der Waals surface area contributed by atoms with Gasteiger partial charge < -0.3 is 9.47 Å². The van der Waals surface area contributed by atoms with Gasteiger partial charge in [0.05, 0.1) is 0 Å². The lowest BCUT2D eigenvalue weighted by Crippen LogP contribution is -2.47. The molecule has 26 heavy (non-hydrogen) atoms. The molecule has 140 valence electrons. The summed E-state index contributed by atoms with van der Waals surface area (Å²) < 4.78 is 12.8. The molecule has 1 saturated heterocycles. The molecule has 1 aliphatic rings. The van der Waals surface area contributed by atoms with Crippen LogP contribution in [0.15, 0.2) is 40.3 Å². The van der Waals surface area contributed by atoms with E-state index in [2.05, 4.69) is 20.9 Å². The first-order valence-electron chi connectivity index (χ1n) is 8.44. The molecule has 0 saturated carbocycles. The van der Waals surface area contributed by atoms with Gasteiger partial charge in [0.1, 0.15) is 33.1 Å². The number of hydrogen-bond acceptors (Lipinski definition) is 5. The van der Waals surface area contributed by atoms with Crippen LogP contribution >= 0.6 is 27.3 Å². The van der Waals surface area contributed by atoms with E-state index in [0.717, 1.165) is 15.2 Å². The van der Waals surface area contributed by atoms with Gasteiger partial charge in [-0.15, -0.1) is 11.3 Å². The second-order valence-corrected chi connectivity index (χ2v) is 9.40. The van der Waals surface area contributed by atoms with Gasteiger partial charge in [-0.05, 0) is 56.1 Å². The molecule has 7 heteroatoms. The Hall–Kier alpha value is -1.44. The van der Waals surface area contributed by atoms with Crippen molar-refractivity contribution in [1.29, 1.82) is 0 Å². The number of carbonyl (C=O) groups is 1. The normalized spacial score (nSPS) is 22.5. The Kier molecular flexibility index (Phi) is 5.16. The van der Waals surface area contributed by atoms with Crippen molar-refractivity contribution in [2.75, 3.05) is 0 Å². The molecule has 2 aromatic rings. The fourth-order valence-corrected chi connectivity index (χ4v) is 4.46. The molecule has 0 spiro atoms. The van der Waals surface area contributed by atoms with Crippen molar-refractivity contribution in [3.63, 3.8) is 0 Å². The lowest BCUT2D eigenvalue weighted by atomic mass is 10.0. The highest BCUT2D eigenvalue weighted by Crippen LogP contribution is 2.50. The Morgan fingerprint density at radius 2 is 1.96 bits per heavy atom. The van der Waals surface area contributed by atoms with Crippen LogP contribution in [0.5, 0.6) is 0 Å². The number of halogens is 1. The Morgan fingerprint density at radius 3 is 2.50 bits per heavy atom. The van der Waals surface area contributed by atoms with Crippen molar-refractivity contribution < 1.29 is 14.3 Å². The standard InChI is InChI=1S/C19H23BrN2O3S/c1-18(2,3)25-17(23)22-14(16-21-13(20)11-26-16)15(24-19(22,4)5)12-9-7-6-8-10-12/h6-11,14-15H,1-5H3/t14-,15-/m1/s1. The highest BCUT2D eigenvalue weighted by molar-refractivity contribution is 9.10. The number of thiazole rings is 1. The van der Waals surface area contributed by atoms with Crippen molar-refractivity contribution >= 4 is 33.4 Å². The number of amides is 1. The van der Waals surface area contributed by atoms with Crippen molar-refractivity contribution in [3.05, 3.63) is 50.9 Å². The van der Waals surface area contributed by atoms with E-state index in [1.165, 1.54) is 11.3 Å². The second-order valence-electron chi connectivity index (χ2n) is 7.70. The predicted octanol–water partition coefficient (Wildman–Crippen LogP) is 5.69. The third kappa shape index (κ3) is 3.94. The predicted molar refractivity (Wildman–Crippen MR) is 105 cm³/mol. The van der Waals surface area contributed by atoms with Crippen LogP contribution in [0.2, 0.25) is 0 Å². The molecular weight excluding hydrogens is 416 g/mol. The van der Waals surface area contributed by atoms with E-state index < -0.39 is 17.4 Å². The molecule has 2 heterocycles. The number of aromatic nitrogens is 1. The number of benzene rings is 1. The molecule has 1 aromatic carbocycles. The van der Waals surface area contributed by atoms with E-state index in [-0.39, 0.29) is 12.1 Å². The van der Waals surface area contributed by atoms with E-state index in [4.69, 9.17) is 9.47 Å². The fourth-order valence-electron chi connectivity index (χ4n) is 3.08. The zero-order valence-corrected chi connectivity index (χ0v) is 17.9. The zero-order valence-electron chi connectivity index (χ0n) is 15.5. The minimum absolute atomic E-state index is 0.322. The number of hydrogen-bond donors (Lipinski definition) is 0. The van der Waals surface area contributed by atoms with Crippen molar-refractivity contribution in [2.45, 2.75) is 58.1 Å². The maximum atomic E-state index is 13.0. The van der Waals surface area contributed by atoms with E-state index in [1.54, 1.807) is 4.90 Å². The molecule has 0 radical (unpaired) electrons. The maximum absolute atomic E-state index is 13.0. The Bertz CT molecular complexity index is 786. The summed E-state index contributed by atoms with van der Waals surface area (Å²) in [4.78, 5) is 19.3. The molecule has 0 aliphatic carbocycles. The first kappa shape index (κ1) is 19.3. The van der Waals surface area contributed by atoms with Crippen molar-refractivity contribution in [1.82, 2.24) is 9.88 Å². The fraction of sp³-hybridized carbons (Fsp3) is 0.474. The van der Waals surface area contributed by atoms with Gasteiger partial charge in [-0.3, -0.25) is 4.90 Å². The molecule has 1 aliphatic heterocycles. The maximum Gasteiger partial charge on any atom is 0.413 e. The van der Waals surface area contributed by atoms with E-state index in [9.17, 15) is 4.79 Å². The summed E-state index contributed by atoms with van der Waals surface area (Å²) in [5.41, 5.74) is -0.416. The Balaban J connectivity index is 2.06. The third-order valence-corrected chi connectivity index (χ3v) is 5.65. The van der Waals surface area contributed by atoms with Crippen LogP contribution in [0, 0.1) is 0 Å². The minimum atomic E-state index is -0.828. The number of nitrogens with zero attached hydrogens (tertiary/aromatic N) is 2. The van der Waals surface area contributed by atoms with Crippen LogP contribution in [-0.2, 0) is 9.47 Å². The van der Waals surface area contributed by atoms with Crippen LogP contribution in [-0.4, -0.2) is 27.3 Å². The van der Waals surface area contributed by atoms with Gasteiger partial charge in [0.25, 0.3) is 0 Å². The summed E-state index contributed by atoms with van der Waals surface area (Å²) in [7, 11) is 0. The largest absolute Gasteiger partial charge is 0.444 e. The second kappa shape index (κ2) is 6.94. The van der Waals surface area contributed by atoms with Gasteiger partial charge in [0, 0.05) is 5.38 Å². The van der Waals surface area contributed by atoms with Crippen molar-refractivity contribution in [2.24, 2.45) is 0 Å². The molecule has 0 bridgehead atoms. The molecule has 1 aromatic heterocycles. The quantitative estimate of drug-likeness (QED) is 0.603. The Morgan fingerprint density at radius 1 is 1.31 bits per heavy atom. The highest BCUT2D eigenvalue weighted by atomic mass is 79.9. The van der Waals surface area contributed by atoms with Gasteiger partial charge in [0.2, 0.25) is 0 Å². The lowest BCUT2D eigenvalue weighted by Gasteiger charge is -2.34. The van der Waals surface area contributed by atoms with Crippen LogP contribution in [0.4, 0.5) is 4.79 Å². The van der Waals surface area contributed by atoms with Gasteiger partial charge in [-0.1, -0.05) is 30.3 Å². The lowest BCUT2D eigenvalue weighted by molar-refractivity contribution is -0.0796. The number of rotatable bonds is 2. The first-order valence-corrected chi connectivity index (χ1v) is 10.1. The zero-order chi connectivity index (χ0) is 19.1. The molecule has 5 nitrogen and oxygen atoms in total. The van der Waals surface area contributed by atoms with Gasteiger partial charge in [-0.25, -0.2) is 9.78 Å². The summed E-state index contributed by atoms with van der Waals surface area (Å²) >= 11 is 4.91. The third-order valence-electron chi connectivity index (χ3n) is 4.03. The average molecular weight is 439 g/mol. The molecule has 1 amide bonds. The summed E-state index contributed by atoms with van der Waals surface area (Å²) in [6.45, 7) is 9.35. The summed E-state index contributed by atoms with van der Waals surface area (Å²) in [5, 5.41) is 2.72. The first-order chi connectivity index (χ1) is 12.1. The van der Waals surface area contributed by atoms with Gasteiger partial charge in [-0.2, -0.15) is 0 Å². The van der Waals surface area contributed by atoms with Crippen molar-refractivity contribution in [3.8, 4) is 0 Å². The van der Waals surface area contributed by atoms with E-state index in [1.807, 2.05) is 70.3 Å². The molecule has 2 atom stereocenters. The topological polar surface area (TPSA) is 51.7 Å². The molecular formula is C19H23BrN2O3S. The highest BCUT2D eigenvalue weighted by Gasteiger charge is 2.53. The van der Waals surface area contributed by atoms with Crippen LogP contribution in [0.25, 0.3) is 0 Å². The average Bonchev–Trinajstić information content (AvgIpc) is 3.06. The monoisotopic (exact) mass is 438 g/mol. The molecule has 1 fully saturated rings. The van der Waals surface area contributed by atoms with E-state index >= 15 is 0 Å². The van der Waals surface area contributed by atoms with Gasteiger partial charge in [0.15, 0.2) is 0 Å². The van der Waals surface area contributed by atoms with Crippen LogP contribution in [0.1, 0.15) is 57.3 Å². The minimum Gasteiger partial charge on any atom is -0.444 e. The molecule has 0 unspecified atom stereocenters. The SMILES string of the molecule is CC(C)(C)OC(=O)N1[C@@H](c2nc(Br)cs2)[C@@H](c2ccccc2)OC1(C)C. The van der Waals surface area contributed by atoms with Crippen LogP contribution in [0.3, 0.4) is 0 Å². The Labute approximate surface area is 166 Å². The van der Waals surface area contributed by atoms with E-state index in [0.29, 0.717) is 0 Å². The molecule has 0 N–H and O–H groups in total. The van der Waals surface area contributed by atoms with Crippen LogP contribution < -0.4 is 0 Å². The number of carbonyl (C=O) groups excluding carboxylic acids is 1.